The Hall–Kier alpha value is -2.93. The zero-order chi connectivity index (χ0) is 21.7. The summed E-state index contributed by atoms with van der Waals surface area (Å²) in [5.74, 6) is -0.621. The van der Waals surface area contributed by atoms with Gasteiger partial charge in [0.1, 0.15) is 11.9 Å². The number of nitrogens with zero attached hydrogens (tertiary/aromatic N) is 2. The van der Waals surface area contributed by atoms with Gasteiger partial charge in [0, 0.05) is 13.5 Å². The second kappa shape index (κ2) is 9.26. The van der Waals surface area contributed by atoms with Gasteiger partial charge in [-0.2, -0.15) is 9.98 Å². The van der Waals surface area contributed by atoms with E-state index in [2.05, 4.69) is 10.0 Å². The number of oxazole rings is 1. The highest BCUT2D eigenvalue weighted by molar-refractivity contribution is 7.89. The molecule has 3 aromatic rings. The van der Waals surface area contributed by atoms with Crippen LogP contribution < -0.4 is 15.8 Å². The molecular formula is C21H24N4O4S. The topological polar surface area (TPSA) is 117 Å². The van der Waals surface area contributed by atoms with E-state index in [0.29, 0.717) is 17.6 Å². The first-order valence-corrected chi connectivity index (χ1v) is 11.3. The molecule has 0 aliphatic heterocycles. The Morgan fingerprint density at radius 1 is 1.17 bits per heavy atom. The molecule has 2 N–H and O–H groups in total. The van der Waals surface area contributed by atoms with Crippen LogP contribution in [0.4, 0.5) is 0 Å². The van der Waals surface area contributed by atoms with Gasteiger partial charge in [-0.3, -0.25) is 4.57 Å². The number of rotatable bonds is 9. The lowest BCUT2D eigenvalue weighted by Gasteiger charge is -2.13. The van der Waals surface area contributed by atoms with Crippen molar-refractivity contribution in [3.63, 3.8) is 0 Å². The molecule has 3 rings (SSSR count). The number of fused-ring (bicyclic) bond motifs is 1. The second-order valence-corrected chi connectivity index (χ2v) is 8.82. The first-order valence-electron chi connectivity index (χ1n) is 9.62. The molecule has 1 heterocycles. The van der Waals surface area contributed by atoms with Gasteiger partial charge in [-0.05, 0) is 41.8 Å². The van der Waals surface area contributed by atoms with Crippen LogP contribution >= 0.6 is 0 Å². The molecule has 30 heavy (non-hydrogen) atoms. The van der Waals surface area contributed by atoms with Gasteiger partial charge in [-0.15, -0.1) is 0 Å². The van der Waals surface area contributed by atoms with E-state index >= 15 is 0 Å². The number of hydrogen-bond donors (Lipinski definition) is 2. The summed E-state index contributed by atoms with van der Waals surface area (Å²) in [6.45, 7) is 2.54. The molecule has 0 aliphatic carbocycles. The van der Waals surface area contributed by atoms with Crippen LogP contribution in [0.25, 0.3) is 22.2 Å². The molecule has 9 heteroatoms. The molecule has 2 aromatic carbocycles. The standard InChI is InChI=1S/C21H24N4O4S/c1-3-10-23-14-30(27,28)24-18(13-22)11-15-4-6-16(7-5-15)17-8-9-20-19(12-17)25(2)21(26)29-20/h4-9,12,18,23-24H,3,10-11,14H2,1-2H3. The molecule has 0 radical (unpaired) electrons. The monoisotopic (exact) mass is 428 g/mol. The van der Waals surface area contributed by atoms with Crippen molar-refractivity contribution in [2.45, 2.75) is 25.8 Å². The van der Waals surface area contributed by atoms with Crippen LogP contribution in [0.2, 0.25) is 0 Å². The SMILES string of the molecule is CCCNCS(=O)(=O)NC(C#N)Cc1ccc(-c2ccc3oc(=O)n(C)c3c2)cc1. The van der Waals surface area contributed by atoms with Crippen molar-refractivity contribution in [2.75, 3.05) is 12.4 Å². The third-order valence-electron chi connectivity index (χ3n) is 4.72. The minimum Gasteiger partial charge on any atom is -0.408 e. The number of hydrogen-bond acceptors (Lipinski definition) is 6. The zero-order valence-electron chi connectivity index (χ0n) is 16.9. The fourth-order valence-electron chi connectivity index (χ4n) is 3.13. The summed E-state index contributed by atoms with van der Waals surface area (Å²) < 4.78 is 33.2. The van der Waals surface area contributed by atoms with Gasteiger partial charge >= 0.3 is 5.76 Å². The smallest absolute Gasteiger partial charge is 0.408 e. The summed E-state index contributed by atoms with van der Waals surface area (Å²) in [6, 6.07) is 14.2. The number of sulfonamides is 1. The average molecular weight is 429 g/mol. The number of aryl methyl sites for hydroxylation is 1. The van der Waals surface area contributed by atoms with Crippen molar-refractivity contribution < 1.29 is 12.8 Å². The van der Waals surface area contributed by atoms with Crippen molar-refractivity contribution in [2.24, 2.45) is 7.05 Å². The average Bonchev–Trinajstić information content (AvgIpc) is 3.01. The summed E-state index contributed by atoms with van der Waals surface area (Å²) in [7, 11) is -1.92. The molecule has 0 fully saturated rings. The maximum absolute atomic E-state index is 12.1. The lowest BCUT2D eigenvalue weighted by atomic mass is 10.0. The molecule has 0 saturated heterocycles. The molecule has 0 saturated carbocycles. The summed E-state index contributed by atoms with van der Waals surface area (Å²) in [4.78, 5) is 11.7. The highest BCUT2D eigenvalue weighted by Crippen LogP contribution is 2.24. The van der Waals surface area contributed by atoms with Gasteiger partial charge in [0.2, 0.25) is 10.0 Å². The van der Waals surface area contributed by atoms with Gasteiger partial charge in [0.05, 0.1) is 11.6 Å². The molecule has 0 bridgehead atoms. The number of nitriles is 1. The molecule has 8 nitrogen and oxygen atoms in total. The lowest BCUT2D eigenvalue weighted by molar-refractivity contribution is 0.528. The maximum Gasteiger partial charge on any atom is 0.419 e. The maximum atomic E-state index is 12.1. The number of aromatic nitrogens is 1. The summed E-state index contributed by atoms with van der Waals surface area (Å²) in [6.07, 6.45) is 1.09. The minimum atomic E-state index is -3.58. The first kappa shape index (κ1) is 21.8. The van der Waals surface area contributed by atoms with E-state index in [1.807, 2.05) is 49.4 Å². The Balaban J connectivity index is 1.71. The van der Waals surface area contributed by atoms with Gasteiger partial charge in [-0.25, -0.2) is 13.2 Å². The van der Waals surface area contributed by atoms with Crippen molar-refractivity contribution in [1.82, 2.24) is 14.6 Å². The van der Waals surface area contributed by atoms with E-state index in [9.17, 15) is 18.5 Å². The highest BCUT2D eigenvalue weighted by Gasteiger charge is 2.17. The van der Waals surface area contributed by atoms with Crippen LogP contribution in [-0.4, -0.2) is 31.4 Å². The zero-order valence-corrected chi connectivity index (χ0v) is 17.7. The summed E-state index contributed by atoms with van der Waals surface area (Å²) in [5.41, 5.74) is 3.93. The van der Waals surface area contributed by atoms with E-state index in [1.54, 1.807) is 13.1 Å². The fraction of sp³-hybridized carbons (Fsp3) is 0.333. The van der Waals surface area contributed by atoms with Gasteiger partial charge in [0.15, 0.2) is 5.58 Å². The number of benzene rings is 2. The van der Waals surface area contributed by atoms with Gasteiger partial charge in [0.25, 0.3) is 0 Å². The molecule has 1 aromatic heterocycles. The van der Waals surface area contributed by atoms with Crippen molar-refractivity contribution in [1.29, 1.82) is 5.26 Å². The molecule has 1 atom stereocenters. The third kappa shape index (κ3) is 5.16. The fourth-order valence-corrected chi connectivity index (χ4v) is 4.20. The van der Waals surface area contributed by atoms with Gasteiger partial charge in [-0.1, -0.05) is 37.3 Å². The van der Waals surface area contributed by atoms with E-state index in [1.165, 1.54) is 4.57 Å². The lowest BCUT2D eigenvalue weighted by Crippen LogP contribution is -2.40. The van der Waals surface area contributed by atoms with Crippen LogP contribution in [-0.2, 0) is 23.5 Å². The molecule has 0 spiro atoms. The molecule has 1 unspecified atom stereocenters. The Bertz CT molecular complexity index is 1220. The first-order chi connectivity index (χ1) is 14.3. The molecule has 0 aliphatic rings. The predicted molar refractivity (Wildman–Crippen MR) is 115 cm³/mol. The van der Waals surface area contributed by atoms with Crippen molar-refractivity contribution in [3.8, 4) is 17.2 Å². The summed E-state index contributed by atoms with van der Waals surface area (Å²) in [5, 5.41) is 12.2. The Morgan fingerprint density at radius 3 is 2.53 bits per heavy atom. The molecule has 158 valence electrons. The van der Waals surface area contributed by atoms with Gasteiger partial charge < -0.3 is 9.73 Å². The summed E-state index contributed by atoms with van der Waals surface area (Å²) >= 11 is 0. The Kier molecular flexibility index (Phi) is 6.72. The normalized spacial score (nSPS) is 12.7. The van der Waals surface area contributed by atoms with Crippen molar-refractivity contribution in [3.05, 3.63) is 58.6 Å². The Morgan fingerprint density at radius 2 is 1.87 bits per heavy atom. The van der Waals surface area contributed by atoms with E-state index in [-0.39, 0.29) is 12.3 Å². The van der Waals surface area contributed by atoms with Crippen LogP contribution in [0, 0.1) is 11.3 Å². The van der Waals surface area contributed by atoms with E-state index < -0.39 is 21.8 Å². The second-order valence-electron chi connectivity index (χ2n) is 7.07. The molecular weight excluding hydrogens is 404 g/mol. The van der Waals surface area contributed by atoms with E-state index in [4.69, 9.17) is 4.42 Å². The van der Waals surface area contributed by atoms with Crippen LogP contribution in [0.1, 0.15) is 18.9 Å². The van der Waals surface area contributed by atoms with Crippen LogP contribution in [0.15, 0.2) is 51.7 Å². The highest BCUT2D eigenvalue weighted by atomic mass is 32.2. The minimum absolute atomic E-state index is 0.211. The van der Waals surface area contributed by atoms with Crippen LogP contribution in [0.5, 0.6) is 0 Å². The third-order valence-corrected chi connectivity index (χ3v) is 5.94. The van der Waals surface area contributed by atoms with Crippen molar-refractivity contribution >= 4 is 21.1 Å². The Labute approximate surface area is 175 Å². The molecule has 0 amide bonds. The van der Waals surface area contributed by atoms with E-state index in [0.717, 1.165) is 23.1 Å². The van der Waals surface area contributed by atoms with Crippen LogP contribution in [0.3, 0.4) is 0 Å². The quantitative estimate of drug-likeness (QED) is 0.504. The largest absolute Gasteiger partial charge is 0.419 e. The number of nitrogens with one attached hydrogen (secondary N) is 2. The predicted octanol–water partition coefficient (Wildman–Crippen LogP) is 2.11.